The number of halogens is 3. The lowest BCUT2D eigenvalue weighted by Gasteiger charge is -2.02. The van der Waals surface area contributed by atoms with Gasteiger partial charge in [-0.15, -0.1) is 0 Å². The number of hydrogen-bond donors (Lipinski definition) is 1. The first kappa shape index (κ1) is 9.50. The summed E-state index contributed by atoms with van der Waals surface area (Å²) in [6, 6.07) is 0.527. The molecule has 0 bridgehead atoms. The summed E-state index contributed by atoms with van der Waals surface area (Å²) in [6.45, 7) is 1.11. The number of nitrogens with one attached hydrogen (secondary N) is 1. The van der Waals surface area contributed by atoms with E-state index < -0.39 is 29.3 Å². The molecule has 1 aromatic heterocycles. The van der Waals surface area contributed by atoms with Gasteiger partial charge in [-0.3, -0.25) is 4.79 Å². The maximum atomic E-state index is 12.7. The third-order valence-electron chi connectivity index (χ3n) is 1.20. The van der Waals surface area contributed by atoms with Crippen molar-refractivity contribution >= 4 is 11.6 Å². The lowest BCUT2D eigenvalue weighted by Crippen LogP contribution is -2.09. The molecule has 13 heavy (non-hydrogen) atoms. The molecule has 70 valence electrons. The summed E-state index contributed by atoms with van der Waals surface area (Å²) in [5.74, 6) is -4.70. The highest BCUT2D eigenvalue weighted by atomic mass is 19.2. The smallest absolute Gasteiger partial charge is 0.251 e. The van der Waals surface area contributed by atoms with Crippen LogP contribution in [0.3, 0.4) is 0 Å². The fourth-order valence-electron chi connectivity index (χ4n) is 0.723. The van der Waals surface area contributed by atoms with E-state index in [2.05, 4.69) is 4.98 Å². The van der Waals surface area contributed by atoms with Gasteiger partial charge in [0.1, 0.15) is 0 Å². The maximum Gasteiger partial charge on any atom is 0.251 e. The molecule has 6 heteroatoms. The Balaban J connectivity index is 3.08. The first-order valence-electron chi connectivity index (χ1n) is 3.30. The van der Waals surface area contributed by atoms with E-state index in [1.807, 2.05) is 5.32 Å². The molecule has 1 heterocycles. The van der Waals surface area contributed by atoms with Crippen LogP contribution in [0.1, 0.15) is 6.92 Å². The number of nitrogens with zero attached hydrogens (tertiary/aromatic N) is 1. The second-order valence-electron chi connectivity index (χ2n) is 2.28. The Morgan fingerprint density at radius 1 is 1.38 bits per heavy atom. The van der Waals surface area contributed by atoms with Gasteiger partial charge in [-0.05, 0) is 0 Å². The van der Waals surface area contributed by atoms with Gasteiger partial charge >= 0.3 is 0 Å². The number of pyridine rings is 1. The Morgan fingerprint density at radius 2 is 2.00 bits per heavy atom. The zero-order valence-electron chi connectivity index (χ0n) is 6.57. The molecule has 0 saturated carbocycles. The number of amides is 1. The number of aromatic nitrogens is 1. The predicted octanol–water partition coefficient (Wildman–Crippen LogP) is 1.46. The summed E-state index contributed by atoms with van der Waals surface area (Å²) < 4.78 is 37.4. The van der Waals surface area contributed by atoms with Crippen LogP contribution in [0.4, 0.5) is 18.9 Å². The molecule has 0 unspecified atom stereocenters. The summed E-state index contributed by atoms with van der Waals surface area (Å²) in [6.07, 6.45) is 0. The van der Waals surface area contributed by atoms with E-state index in [1.165, 1.54) is 0 Å². The highest BCUT2D eigenvalue weighted by molar-refractivity contribution is 5.88. The van der Waals surface area contributed by atoms with Gasteiger partial charge in [-0.2, -0.15) is 13.8 Å². The van der Waals surface area contributed by atoms with E-state index in [1.54, 1.807) is 0 Å². The van der Waals surface area contributed by atoms with E-state index in [0.717, 1.165) is 6.92 Å². The average molecular weight is 190 g/mol. The molecule has 1 amide bonds. The zero-order valence-corrected chi connectivity index (χ0v) is 6.57. The summed E-state index contributed by atoms with van der Waals surface area (Å²) in [7, 11) is 0. The van der Waals surface area contributed by atoms with Crippen LogP contribution in [0.25, 0.3) is 0 Å². The number of anilines is 1. The summed E-state index contributed by atoms with van der Waals surface area (Å²) in [5, 5.41) is 1.96. The van der Waals surface area contributed by atoms with Crippen LogP contribution in [0.15, 0.2) is 6.07 Å². The minimum absolute atomic E-state index is 0.480. The van der Waals surface area contributed by atoms with Crippen molar-refractivity contribution in [2.75, 3.05) is 5.32 Å². The molecule has 3 nitrogen and oxygen atoms in total. The van der Waals surface area contributed by atoms with E-state index in [0.29, 0.717) is 6.07 Å². The lowest BCUT2D eigenvalue weighted by atomic mass is 10.4. The quantitative estimate of drug-likeness (QED) is 0.681. The minimum Gasteiger partial charge on any atom is -0.322 e. The molecule has 0 aliphatic heterocycles. The van der Waals surface area contributed by atoms with Gasteiger partial charge < -0.3 is 5.32 Å². The van der Waals surface area contributed by atoms with E-state index in [9.17, 15) is 18.0 Å². The SMILES string of the molecule is CC(=O)Nc1cc(F)c(F)nc1F. The van der Waals surface area contributed by atoms with Crippen LogP contribution in [-0.4, -0.2) is 10.9 Å². The maximum absolute atomic E-state index is 12.7. The van der Waals surface area contributed by atoms with E-state index in [-0.39, 0.29) is 0 Å². The van der Waals surface area contributed by atoms with Crippen molar-refractivity contribution in [2.24, 2.45) is 0 Å². The molecule has 0 spiro atoms. The Morgan fingerprint density at radius 3 is 2.54 bits per heavy atom. The summed E-state index contributed by atoms with van der Waals surface area (Å²) in [5.41, 5.74) is -0.480. The van der Waals surface area contributed by atoms with Crippen molar-refractivity contribution in [1.29, 1.82) is 0 Å². The molecule has 0 aliphatic rings. The Labute approximate surface area is 71.6 Å². The van der Waals surface area contributed by atoms with Crippen molar-refractivity contribution in [3.05, 3.63) is 23.8 Å². The molecule has 0 saturated heterocycles. The fourth-order valence-corrected chi connectivity index (χ4v) is 0.723. The summed E-state index contributed by atoms with van der Waals surface area (Å²) in [4.78, 5) is 13.0. The molecule has 0 atom stereocenters. The highest BCUT2D eigenvalue weighted by Crippen LogP contribution is 2.14. The van der Waals surface area contributed by atoms with Crippen molar-refractivity contribution in [1.82, 2.24) is 4.98 Å². The molecule has 0 aliphatic carbocycles. The monoisotopic (exact) mass is 190 g/mol. The van der Waals surface area contributed by atoms with Gasteiger partial charge in [-0.25, -0.2) is 4.39 Å². The minimum atomic E-state index is -1.54. The van der Waals surface area contributed by atoms with Gasteiger partial charge in [0, 0.05) is 13.0 Å². The highest BCUT2D eigenvalue weighted by Gasteiger charge is 2.11. The molecular formula is C7H5F3N2O. The third-order valence-corrected chi connectivity index (χ3v) is 1.20. The van der Waals surface area contributed by atoms with Crippen molar-refractivity contribution in [2.45, 2.75) is 6.92 Å². The summed E-state index contributed by atoms with van der Waals surface area (Å²) >= 11 is 0. The Hall–Kier alpha value is -1.59. The lowest BCUT2D eigenvalue weighted by molar-refractivity contribution is -0.114. The second-order valence-corrected chi connectivity index (χ2v) is 2.28. The zero-order chi connectivity index (χ0) is 10.0. The third kappa shape index (κ3) is 2.17. The van der Waals surface area contributed by atoms with Gasteiger partial charge in [0.15, 0.2) is 5.82 Å². The fraction of sp³-hybridized carbons (Fsp3) is 0.143. The van der Waals surface area contributed by atoms with Crippen molar-refractivity contribution in [3.63, 3.8) is 0 Å². The van der Waals surface area contributed by atoms with E-state index in [4.69, 9.17) is 0 Å². The molecule has 0 aromatic carbocycles. The van der Waals surface area contributed by atoms with Gasteiger partial charge in [0.05, 0.1) is 5.69 Å². The van der Waals surface area contributed by atoms with Gasteiger partial charge in [-0.1, -0.05) is 0 Å². The number of rotatable bonds is 1. The van der Waals surface area contributed by atoms with Crippen LogP contribution in [-0.2, 0) is 4.79 Å². The van der Waals surface area contributed by atoms with Crippen LogP contribution in [0.5, 0.6) is 0 Å². The molecule has 1 aromatic rings. The van der Waals surface area contributed by atoms with Crippen molar-refractivity contribution in [3.8, 4) is 0 Å². The normalized spacial score (nSPS) is 9.85. The molecule has 1 N–H and O–H groups in total. The predicted molar refractivity (Wildman–Crippen MR) is 38.4 cm³/mol. The van der Waals surface area contributed by atoms with E-state index >= 15 is 0 Å². The van der Waals surface area contributed by atoms with Crippen molar-refractivity contribution < 1.29 is 18.0 Å². The molecule has 0 radical (unpaired) electrons. The van der Waals surface area contributed by atoms with Crippen LogP contribution < -0.4 is 5.32 Å². The number of carbonyl (C=O) groups is 1. The Bertz CT molecular complexity index is 354. The van der Waals surface area contributed by atoms with Gasteiger partial charge in [0.2, 0.25) is 11.9 Å². The molecule has 1 rings (SSSR count). The van der Waals surface area contributed by atoms with Gasteiger partial charge in [0.25, 0.3) is 5.95 Å². The first-order chi connectivity index (χ1) is 6.00. The molecule has 0 fully saturated rings. The average Bonchev–Trinajstić information content (AvgIpc) is 1.99. The standard InChI is InChI=1S/C7H5F3N2O/c1-3(13)11-5-2-4(8)6(9)12-7(5)10/h2H,1H3,(H,11,13). The Kier molecular flexibility index (Phi) is 2.50. The number of hydrogen-bond acceptors (Lipinski definition) is 2. The van der Waals surface area contributed by atoms with Crippen LogP contribution in [0, 0.1) is 17.7 Å². The second kappa shape index (κ2) is 3.42. The van der Waals surface area contributed by atoms with Crippen LogP contribution in [0.2, 0.25) is 0 Å². The first-order valence-corrected chi connectivity index (χ1v) is 3.30. The molecular weight excluding hydrogens is 185 g/mol. The topological polar surface area (TPSA) is 42.0 Å². The number of carbonyl (C=O) groups excluding carboxylic acids is 1. The largest absolute Gasteiger partial charge is 0.322 e. The van der Waals surface area contributed by atoms with Crippen LogP contribution >= 0.6 is 0 Å².